The molecule has 2 aromatic rings. The molecule has 0 saturated carbocycles. The van der Waals surface area contributed by atoms with E-state index in [1.165, 1.54) is 0 Å². The topological polar surface area (TPSA) is 47.5 Å². The van der Waals surface area contributed by atoms with Gasteiger partial charge in [-0.2, -0.15) is 0 Å². The molecule has 0 spiro atoms. The van der Waals surface area contributed by atoms with Crippen molar-refractivity contribution in [2.45, 2.75) is 31.9 Å². The molecule has 1 aliphatic rings. The molecule has 2 unspecified atom stereocenters. The van der Waals surface area contributed by atoms with Gasteiger partial charge < -0.3 is 14.4 Å². The third-order valence-corrected chi connectivity index (χ3v) is 4.76. The number of hydrogen-bond donors (Lipinski definition) is 0. The Morgan fingerprint density at radius 2 is 2.19 bits per heavy atom. The summed E-state index contributed by atoms with van der Waals surface area (Å²) in [5, 5.41) is 1.03. The zero-order valence-corrected chi connectivity index (χ0v) is 13.0. The molecular formula is C16H21N3O2. The molecule has 0 N–H and O–H groups in total. The predicted molar refractivity (Wildman–Crippen MR) is 82.9 cm³/mol. The smallest absolute Gasteiger partial charge is 0.140 e. The van der Waals surface area contributed by atoms with Crippen molar-refractivity contribution in [3.8, 4) is 5.75 Å². The molecule has 2 atom stereocenters. The Balaban J connectivity index is 2.08. The van der Waals surface area contributed by atoms with Gasteiger partial charge in [-0.3, -0.25) is 0 Å². The first-order valence-corrected chi connectivity index (χ1v) is 7.20. The highest BCUT2D eigenvalue weighted by Crippen LogP contribution is 2.36. The summed E-state index contributed by atoms with van der Waals surface area (Å²) >= 11 is 0. The number of ether oxygens (including phenoxy) is 2. The van der Waals surface area contributed by atoms with Gasteiger partial charge in [-0.05, 0) is 32.4 Å². The summed E-state index contributed by atoms with van der Waals surface area (Å²) in [7, 11) is 3.74. The highest BCUT2D eigenvalue weighted by molar-refractivity contribution is 5.90. The quantitative estimate of drug-likeness (QED) is 0.868. The van der Waals surface area contributed by atoms with Crippen LogP contribution in [0.5, 0.6) is 5.75 Å². The van der Waals surface area contributed by atoms with Crippen LogP contribution in [0.4, 0.5) is 5.82 Å². The average Bonchev–Trinajstić information content (AvgIpc) is 2.86. The molecule has 1 aliphatic heterocycles. The number of likely N-dealkylation sites (N-methyl/N-ethyl adjacent to an activating group) is 1. The van der Waals surface area contributed by atoms with Crippen molar-refractivity contribution >= 4 is 16.7 Å². The molecule has 0 radical (unpaired) electrons. The maximum absolute atomic E-state index is 5.75. The summed E-state index contributed by atoms with van der Waals surface area (Å²) in [6, 6.07) is 5.90. The first-order valence-electron chi connectivity index (χ1n) is 7.20. The van der Waals surface area contributed by atoms with Gasteiger partial charge in [-0.15, -0.1) is 0 Å². The molecule has 3 rings (SSSR count). The summed E-state index contributed by atoms with van der Waals surface area (Å²) in [4.78, 5) is 11.1. The molecule has 0 aliphatic carbocycles. The normalized spacial score (nSPS) is 25.2. The SMILES string of the molecule is COc1ccc2c(N(C)C3(C)CCOC3C)ncnc2c1. The maximum Gasteiger partial charge on any atom is 0.140 e. The van der Waals surface area contributed by atoms with Gasteiger partial charge in [0.2, 0.25) is 0 Å². The summed E-state index contributed by atoms with van der Waals surface area (Å²) in [5.74, 6) is 1.74. The lowest BCUT2D eigenvalue weighted by atomic mass is 9.92. The van der Waals surface area contributed by atoms with Crippen molar-refractivity contribution in [2.24, 2.45) is 0 Å². The third kappa shape index (κ3) is 2.21. The first kappa shape index (κ1) is 14.1. The fraction of sp³-hybridized carbons (Fsp3) is 0.500. The Morgan fingerprint density at radius 1 is 1.38 bits per heavy atom. The third-order valence-electron chi connectivity index (χ3n) is 4.76. The van der Waals surface area contributed by atoms with Crippen LogP contribution in [-0.4, -0.2) is 42.4 Å². The van der Waals surface area contributed by atoms with Crippen LogP contribution in [0.2, 0.25) is 0 Å². The summed E-state index contributed by atoms with van der Waals surface area (Å²) < 4.78 is 11.0. The highest BCUT2D eigenvalue weighted by Gasteiger charge is 2.41. The molecular weight excluding hydrogens is 266 g/mol. The minimum atomic E-state index is -0.0544. The summed E-state index contributed by atoms with van der Waals surface area (Å²) in [6.07, 6.45) is 2.77. The second-order valence-corrected chi connectivity index (χ2v) is 5.76. The van der Waals surface area contributed by atoms with Gasteiger partial charge in [-0.1, -0.05) is 0 Å². The second-order valence-electron chi connectivity index (χ2n) is 5.76. The molecule has 21 heavy (non-hydrogen) atoms. The number of rotatable bonds is 3. The van der Waals surface area contributed by atoms with Gasteiger partial charge in [0.15, 0.2) is 0 Å². The van der Waals surface area contributed by atoms with Crippen LogP contribution in [-0.2, 0) is 4.74 Å². The molecule has 1 fully saturated rings. The highest BCUT2D eigenvalue weighted by atomic mass is 16.5. The number of hydrogen-bond acceptors (Lipinski definition) is 5. The zero-order valence-electron chi connectivity index (χ0n) is 13.0. The van der Waals surface area contributed by atoms with Crippen molar-refractivity contribution in [1.29, 1.82) is 0 Å². The van der Waals surface area contributed by atoms with E-state index in [0.717, 1.165) is 35.5 Å². The van der Waals surface area contributed by atoms with Gasteiger partial charge >= 0.3 is 0 Å². The number of anilines is 1. The number of fused-ring (bicyclic) bond motifs is 1. The molecule has 5 heteroatoms. The van der Waals surface area contributed by atoms with Crippen LogP contribution in [0.25, 0.3) is 10.9 Å². The minimum absolute atomic E-state index is 0.0544. The largest absolute Gasteiger partial charge is 0.497 e. The Morgan fingerprint density at radius 3 is 2.86 bits per heavy atom. The monoisotopic (exact) mass is 287 g/mol. The van der Waals surface area contributed by atoms with E-state index in [-0.39, 0.29) is 11.6 Å². The van der Waals surface area contributed by atoms with Gasteiger partial charge in [0.05, 0.1) is 24.3 Å². The molecule has 0 amide bonds. The standard InChI is InChI=1S/C16H21N3O2/c1-11-16(2,7-8-21-11)19(3)15-13-6-5-12(20-4)9-14(13)17-10-18-15/h5-6,9-11H,7-8H2,1-4H3. The van der Waals surface area contributed by atoms with E-state index in [4.69, 9.17) is 9.47 Å². The van der Waals surface area contributed by atoms with Crippen LogP contribution in [0.15, 0.2) is 24.5 Å². The van der Waals surface area contributed by atoms with Crippen LogP contribution in [0.3, 0.4) is 0 Å². The van der Waals surface area contributed by atoms with E-state index >= 15 is 0 Å². The minimum Gasteiger partial charge on any atom is -0.497 e. The van der Waals surface area contributed by atoms with Crippen LogP contribution < -0.4 is 9.64 Å². The van der Waals surface area contributed by atoms with Crippen LogP contribution >= 0.6 is 0 Å². The van der Waals surface area contributed by atoms with Crippen molar-refractivity contribution < 1.29 is 9.47 Å². The molecule has 112 valence electrons. The van der Waals surface area contributed by atoms with Crippen molar-refractivity contribution in [3.63, 3.8) is 0 Å². The molecule has 5 nitrogen and oxygen atoms in total. The molecule has 1 aromatic carbocycles. The van der Waals surface area contributed by atoms with E-state index < -0.39 is 0 Å². The average molecular weight is 287 g/mol. The molecule has 2 heterocycles. The lowest BCUT2D eigenvalue weighted by Gasteiger charge is -2.39. The van der Waals surface area contributed by atoms with Crippen molar-refractivity contribution in [2.75, 3.05) is 25.7 Å². The molecule has 1 aromatic heterocycles. The Bertz CT molecular complexity index is 661. The number of aromatic nitrogens is 2. The van der Waals surface area contributed by atoms with Gasteiger partial charge in [0.1, 0.15) is 17.9 Å². The Kier molecular flexibility index (Phi) is 3.45. The van der Waals surface area contributed by atoms with Gasteiger partial charge in [0.25, 0.3) is 0 Å². The van der Waals surface area contributed by atoms with Crippen LogP contribution in [0, 0.1) is 0 Å². The number of methoxy groups -OCH3 is 1. The van der Waals surface area contributed by atoms with E-state index in [2.05, 4.69) is 35.8 Å². The van der Waals surface area contributed by atoms with Gasteiger partial charge in [-0.25, -0.2) is 9.97 Å². The fourth-order valence-electron chi connectivity index (χ4n) is 2.92. The van der Waals surface area contributed by atoms with E-state index in [1.54, 1.807) is 13.4 Å². The van der Waals surface area contributed by atoms with Crippen LogP contribution in [0.1, 0.15) is 20.3 Å². The number of nitrogens with zero attached hydrogens (tertiary/aromatic N) is 3. The zero-order chi connectivity index (χ0) is 15.0. The summed E-state index contributed by atoms with van der Waals surface area (Å²) in [5.41, 5.74) is 0.836. The van der Waals surface area contributed by atoms with Crippen molar-refractivity contribution in [3.05, 3.63) is 24.5 Å². The fourth-order valence-corrected chi connectivity index (χ4v) is 2.92. The Labute approximate surface area is 124 Å². The predicted octanol–water partition coefficient (Wildman–Crippen LogP) is 2.64. The van der Waals surface area contributed by atoms with E-state index in [0.29, 0.717) is 0 Å². The van der Waals surface area contributed by atoms with Gasteiger partial charge in [0, 0.05) is 25.1 Å². The van der Waals surface area contributed by atoms with E-state index in [1.807, 2.05) is 18.2 Å². The first-order chi connectivity index (χ1) is 10.1. The molecule has 0 bridgehead atoms. The maximum atomic E-state index is 5.75. The van der Waals surface area contributed by atoms with Crippen molar-refractivity contribution in [1.82, 2.24) is 9.97 Å². The lowest BCUT2D eigenvalue weighted by Crippen LogP contribution is -2.49. The Hall–Kier alpha value is -1.88. The second kappa shape index (κ2) is 5.15. The molecule has 1 saturated heterocycles. The number of benzene rings is 1. The summed E-state index contributed by atoms with van der Waals surface area (Å²) in [6.45, 7) is 5.14. The lowest BCUT2D eigenvalue weighted by molar-refractivity contribution is 0.0987. The van der Waals surface area contributed by atoms with E-state index in [9.17, 15) is 0 Å².